The molecule has 0 radical (unpaired) electrons. The fourth-order valence-corrected chi connectivity index (χ4v) is 4.03. The highest BCUT2D eigenvalue weighted by atomic mass is 31.2. The quantitative estimate of drug-likeness (QED) is 0.557. The van der Waals surface area contributed by atoms with E-state index in [4.69, 9.17) is 9.05 Å². The molecule has 0 aromatic heterocycles. The van der Waals surface area contributed by atoms with Crippen LogP contribution in [0.25, 0.3) is 5.57 Å². The number of hydrogen-bond acceptors (Lipinski definition) is 3. The molecule has 2 rings (SSSR count). The van der Waals surface area contributed by atoms with Crippen molar-refractivity contribution >= 4 is 13.2 Å². The van der Waals surface area contributed by atoms with Crippen LogP contribution in [0.4, 0.5) is 0 Å². The molecule has 0 spiro atoms. The van der Waals surface area contributed by atoms with Gasteiger partial charge < -0.3 is 9.05 Å². The Kier molecular flexibility index (Phi) is 7.45. The maximum Gasteiger partial charge on any atom is 0.334 e. The Morgan fingerprint density at radius 1 is 0.917 bits per heavy atom. The van der Waals surface area contributed by atoms with Crippen LogP contribution < -0.4 is 0 Å². The third kappa shape index (κ3) is 5.76. The van der Waals surface area contributed by atoms with Gasteiger partial charge in [-0.3, -0.25) is 4.57 Å². The van der Waals surface area contributed by atoms with Crippen LogP contribution in [0.2, 0.25) is 0 Å². The van der Waals surface area contributed by atoms with Gasteiger partial charge in [0.1, 0.15) is 0 Å². The van der Waals surface area contributed by atoms with Crippen molar-refractivity contribution < 1.29 is 13.6 Å². The average Bonchev–Trinajstić information content (AvgIpc) is 2.61. The van der Waals surface area contributed by atoms with Crippen LogP contribution >= 0.6 is 7.60 Å². The van der Waals surface area contributed by atoms with Gasteiger partial charge in [0, 0.05) is 0 Å². The molecule has 0 saturated heterocycles. The molecule has 0 fully saturated rings. The fourth-order valence-electron chi connectivity index (χ4n) is 2.52. The molecule has 0 amide bonds. The molecule has 0 unspecified atom stereocenters. The molecule has 2 aromatic carbocycles. The van der Waals surface area contributed by atoms with Crippen LogP contribution in [0.3, 0.4) is 0 Å². The highest BCUT2D eigenvalue weighted by Gasteiger charge is 2.22. The van der Waals surface area contributed by atoms with Gasteiger partial charge in [-0.05, 0) is 37.0 Å². The lowest BCUT2D eigenvalue weighted by Gasteiger charge is -2.16. The molecule has 24 heavy (non-hydrogen) atoms. The molecule has 4 heteroatoms. The molecule has 0 aliphatic rings. The maximum atomic E-state index is 12.7. The summed E-state index contributed by atoms with van der Waals surface area (Å²) in [7, 11) is -3.07. The second-order valence-corrected chi connectivity index (χ2v) is 7.49. The Hall–Kier alpha value is -1.67. The molecule has 2 aromatic rings. The van der Waals surface area contributed by atoms with Gasteiger partial charge in [-0.25, -0.2) is 0 Å². The van der Waals surface area contributed by atoms with Crippen LogP contribution in [0.1, 0.15) is 25.0 Å². The number of hydrogen-bond donors (Lipinski definition) is 0. The minimum Gasteiger partial charge on any atom is -0.309 e. The van der Waals surface area contributed by atoms with Crippen molar-refractivity contribution in [3.05, 3.63) is 77.9 Å². The molecule has 0 bridgehead atoms. The van der Waals surface area contributed by atoms with E-state index < -0.39 is 7.60 Å². The molecule has 0 N–H and O–H groups in total. The van der Waals surface area contributed by atoms with E-state index in [9.17, 15) is 4.57 Å². The Morgan fingerprint density at radius 2 is 1.46 bits per heavy atom. The van der Waals surface area contributed by atoms with Crippen LogP contribution in [-0.2, 0) is 20.0 Å². The van der Waals surface area contributed by atoms with Gasteiger partial charge in [-0.15, -0.1) is 0 Å². The summed E-state index contributed by atoms with van der Waals surface area (Å²) < 4.78 is 23.5. The lowest BCUT2D eigenvalue weighted by molar-refractivity contribution is 0.222. The van der Waals surface area contributed by atoms with Gasteiger partial charge >= 0.3 is 7.60 Å². The van der Waals surface area contributed by atoms with E-state index in [1.165, 1.54) is 5.56 Å². The second-order valence-electron chi connectivity index (χ2n) is 5.39. The summed E-state index contributed by atoms with van der Waals surface area (Å²) in [5.41, 5.74) is 3.47. The van der Waals surface area contributed by atoms with Crippen molar-refractivity contribution in [2.45, 2.75) is 20.3 Å². The molecular weight excluding hydrogens is 319 g/mol. The monoisotopic (exact) mass is 344 g/mol. The van der Waals surface area contributed by atoms with Crippen molar-refractivity contribution in [3.8, 4) is 0 Å². The zero-order valence-corrected chi connectivity index (χ0v) is 15.2. The highest BCUT2D eigenvalue weighted by Crippen LogP contribution is 2.48. The summed E-state index contributed by atoms with van der Waals surface area (Å²) >= 11 is 0. The number of allylic oxidation sites excluding steroid dienone is 2. The van der Waals surface area contributed by atoms with Gasteiger partial charge in [0.2, 0.25) is 0 Å². The summed E-state index contributed by atoms with van der Waals surface area (Å²) in [6, 6.07) is 20.4. The molecule has 0 saturated carbocycles. The average molecular weight is 344 g/mol. The summed E-state index contributed by atoms with van der Waals surface area (Å²) in [5, 5.41) is 0. The Balaban J connectivity index is 2.26. The highest BCUT2D eigenvalue weighted by molar-refractivity contribution is 7.54. The van der Waals surface area contributed by atoms with E-state index in [0.29, 0.717) is 13.2 Å². The van der Waals surface area contributed by atoms with E-state index in [1.807, 2.05) is 56.3 Å². The van der Waals surface area contributed by atoms with Crippen molar-refractivity contribution in [1.82, 2.24) is 0 Å². The first-order valence-electron chi connectivity index (χ1n) is 8.33. The Morgan fingerprint density at radius 3 is 2.00 bits per heavy atom. The minimum atomic E-state index is -3.07. The SMILES string of the molecule is CCOP(=O)(C/C=C(/Cc1ccccc1)c1ccccc1)OCC. The second kappa shape index (κ2) is 9.58. The van der Waals surface area contributed by atoms with Crippen molar-refractivity contribution in [3.63, 3.8) is 0 Å². The van der Waals surface area contributed by atoms with Gasteiger partial charge in [0.05, 0.1) is 19.4 Å². The van der Waals surface area contributed by atoms with E-state index >= 15 is 0 Å². The summed E-state index contributed by atoms with van der Waals surface area (Å²) in [4.78, 5) is 0. The van der Waals surface area contributed by atoms with Crippen LogP contribution in [0.5, 0.6) is 0 Å². The van der Waals surface area contributed by atoms with E-state index in [2.05, 4.69) is 24.3 Å². The third-order valence-corrected chi connectivity index (χ3v) is 5.53. The molecule has 3 nitrogen and oxygen atoms in total. The summed E-state index contributed by atoms with van der Waals surface area (Å²) in [5.74, 6) is 0. The van der Waals surface area contributed by atoms with Crippen LogP contribution in [-0.4, -0.2) is 19.4 Å². The topological polar surface area (TPSA) is 35.5 Å². The lowest BCUT2D eigenvalue weighted by Crippen LogP contribution is -2.00. The van der Waals surface area contributed by atoms with Gasteiger partial charge in [-0.1, -0.05) is 66.7 Å². The normalized spacial score (nSPS) is 12.3. The van der Waals surface area contributed by atoms with Crippen LogP contribution in [0.15, 0.2) is 66.7 Å². The maximum absolute atomic E-state index is 12.7. The van der Waals surface area contributed by atoms with Gasteiger partial charge in [0.15, 0.2) is 0 Å². The first-order chi connectivity index (χ1) is 11.7. The summed E-state index contributed by atoms with van der Waals surface area (Å²) in [6.45, 7) is 4.42. The first kappa shape index (κ1) is 18.7. The number of rotatable bonds is 9. The minimum absolute atomic E-state index is 0.283. The third-order valence-electron chi connectivity index (χ3n) is 3.59. The standard InChI is InChI=1S/C20H25O3P/c1-3-22-24(21,23-4-2)16-15-20(19-13-9-6-10-14-19)17-18-11-7-5-8-12-18/h5-15H,3-4,16-17H2,1-2H3/b20-15-. The van der Waals surface area contributed by atoms with Crippen molar-refractivity contribution in [2.75, 3.05) is 19.4 Å². The van der Waals surface area contributed by atoms with E-state index in [-0.39, 0.29) is 6.16 Å². The predicted octanol–water partition coefficient (Wildman–Crippen LogP) is 5.58. The smallest absolute Gasteiger partial charge is 0.309 e. The van der Waals surface area contributed by atoms with E-state index in [1.54, 1.807) is 0 Å². The zero-order chi connectivity index (χ0) is 17.3. The predicted molar refractivity (Wildman–Crippen MR) is 100 cm³/mol. The number of benzene rings is 2. The summed E-state index contributed by atoms with van der Waals surface area (Å²) in [6.07, 6.45) is 3.06. The molecule has 0 heterocycles. The van der Waals surface area contributed by atoms with Crippen molar-refractivity contribution in [2.24, 2.45) is 0 Å². The Bertz CT molecular complexity index is 671. The zero-order valence-electron chi connectivity index (χ0n) is 14.4. The van der Waals surface area contributed by atoms with Gasteiger partial charge in [-0.2, -0.15) is 0 Å². The molecule has 0 aliphatic carbocycles. The first-order valence-corrected chi connectivity index (χ1v) is 10.1. The largest absolute Gasteiger partial charge is 0.334 e. The molecular formula is C20H25O3P. The fraction of sp³-hybridized carbons (Fsp3) is 0.300. The van der Waals surface area contributed by atoms with E-state index in [0.717, 1.165) is 17.6 Å². The molecule has 0 aliphatic heterocycles. The Labute approximate surface area is 144 Å². The molecule has 0 atom stereocenters. The molecule has 128 valence electrons. The lowest BCUT2D eigenvalue weighted by atomic mass is 9.98. The van der Waals surface area contributed by atoms with Crippen molar-refractivity contribution in [1.29, 1.82) is 0 Å². The van der Waals surface area contributed by atoms with Gasteiger partial charge in [0.25, 0.3) is 0 Å². The van der Waals surface area contributed by atoms with Crippen LogP contribution in [0, 0.1) is 0 Å².